The molecule has 0 spiro atoms. The van der Waals surface area contributed by atoms with Gasteiger partial charge in [0.1, 0.15) is 5.82 Å². The van der Waals surface area contributed by atoms with Crippen molar-refractivity contribution in [2.75, 3.05) is 24.3 Å². The van der Waals surface area contributed by atoms with Gasteiger partial charge in [0.2, 0.25) is 5.91 Å². The van der Waals surface area contributed by atoms with Gasteiger partial charge in [-0.2, -0.15) is 0 Å². The number of amides is 1. The zero-order valence-corrected chi connectivity index (χ0v) is 19.0. The first-order chi connectivity index (χ1) is 16.5. The predicted octanol–water partition coefficient (Wildman–Crippen LogP) is 4.98. The average molecular weight is 455 g/mol. The van der Waals surface area contributed by atoms with Gasteiger partial charge in [-0.15, -0.1) is 0 Å². The summed E-state index contributed by atoms with van der Waals surface area (Å²) in [4.78, 5) is 21.9. The number of carbonyl (C=O) groups excluding carboxylic acids is 1. The van der Waals surface area contributed by atoms with Gasteiger partial charge in [0.25, 0.3) is 0 Å². The zero-order valence-electron chi connectivity index (χ0n) is 19.0. The van der Waals surface area contributed by atoms with Gasteiger partial charge in [-0.3, -0.25) is 4.79 Å². The molecule has 1 fully saturated rings. The minimum absolute atomic E-state index is 0.0386. The van der Waals surface area contributed by atoms with Crippen LogP contribution in [0.5, 0.6) is 0 Å². The van der Waals surface area contributed by atoms with E-state index in [1.54, 1.807) is 12.4 Å². The van der Waals surface area contributed by atoms with Crippen molar-refractivity contribution in [3.05, 3.63) is 84.5 Å². The number of benzene rings is 2. The molecule has 7 nitrogen and oxygen atoms in total. The minimum Gasteiger partial charge on any atom is -0.444 e. The molecule has 0 saturated carbocycles. The highest BCUT2D eigenvalue weighted by Crippen LogP contribution is 2.37. The molecule has 1 saturated heterocycles. The quantitative estimate of drug-likeness (QED) is 0.441. The molecule has 2 aromatic carbocycles. The molecule has 1 aliphatic rings. The van der Waals surface area contributed by atoms with Crippen LogP contribution in [0, 0.1) is 6.92 Å². The number of nitrogens with two attached hydrogens (primary N) is 1. The molecular formula is C27H26N4O3. The van der Waals surface area contributed by atoms with Gasteiger partial charge in [0.05, 0.1) is 11.6 Å². The van der Waals surface area contributed by atoms with Crippen LogP contribution in [0.4, 0.5) is 11.5 Å². The maximum Gasteiger partial charge on any atom is 0.235 e. The van der Waals surface area contributed by atoms with E-state index in [-0.39, 0.29) is 5.91 Å². The highest BCUT2D eigenvalue weighted by molar-refractivity contribution is 5.99. The highest BCUT2D eigenvalue weighted by atomic mass is 16.5. The number of nitrogens with zero attached hydrogens (tertiary/aromatic N) is 2. The Balaban J connectivity index is 1.43. The standard InChI is InChI=1S/C27H26N4O3/c1-18-13-21(15-30-25(18)28)19-5-7-22(8-6-19)27(9-11-33-12-10-27)26(32)31-23-4-2-3-20(14-23)24-16-29-17-34-24/h2-8,13-17H,9-12H2,1H3,(H2,28,30)(H,31,32). The smallest absolute Gasteiger partial charge is 0.235 e. The van der Waals surface area contributed by atoms with Crippen molar-refractivity contribution < 1.29 is 13.9 Å². The third-order valence-corrected chi connectivity index (χ3v) is 6.51. The van der Waals surface area contributed by atoms with Crippen molar-refractivity contribution in [3.63, 3.8) is 0 Å². The molecule has 5 rings (SSSR count). The first kappa shape index (κ1) is 21.9. The molecule has 0 unspecified atom stereocenters. The summed E-state index contributed by atoms with van der Waals surface area (Å²) >= 11 is 0. The molecule has 0 aliphatic carbocycles. The number of oxazole rings is 1. The molecule has 172 valence electrons. The molecule has 7 heteroatoms. The number of nitrogen functional groups attached to an aromatic ring is 1. The molecule has 2 aromatic heterocycles. The summed E-state index contributed by atoms with van der Waals surface area (Å²) in [5.74, 6) is 1.15. The van der Waals surface area contributed by atoms with Crippen LogP contribution in [-0.2, 0) is 14.9 Å². The van der Waals surface area contributed by atoms with E-state index in [1.807, 2.05) is 61.5 Å². The number of pyridine rings is 1. The summed E-state index contributed by atoms with van der Waals surface area (Å²) in [6.45, 7) is 3.02. The molecule has 3 heterocycles. The fourth-order valence-corrected chi connectivity index (χ4v) is 4.45. The SMILES string of the molecule is Cc1cc(-c2ccc(C3(C(=O)Nc4cccc(-c5cnco5)c4)CCOCC3)cc2)cnc1N. The summed E-state index contributed by atoms with van der Waals surface area (Å²) in [7, 11) is 0. The number of aromatic nitrogens is 2. The average Bonchev–Trinajstić information content (AvgIpc) is 3.42. The van der Waals surface area contributed by atoms with Crippen LogP contribution in [0.1, 0.15) is 24.0 Å². The van der Waals surface area contributed by atoms with Crippen molar-refractivity contribution in [3.8, 4) is 22.5 Å². The van der Waals surface area contributed by atoms with E-state index >= 15 is 0 Å². The Morgan fingerprint density at radius 1 is 1.00 bits per heavy atom. The van der Waals surface area contributed by atoms with Crippen LogP contribution in [0.25, 0.3) is 22.5 Å². The van der Waals surface area contributed by atoms with Crippen LogP contribution >= 0.6 is 0 Å². The molecule has 0 bridgehead atoms. The van der Waals surface area contributed by atoms with Crippen LogP contribution in [0.2, 0.25) is 0 Å². The van der Waals surface area contributed by atoms with Crippen molar-refractivity contribution in [2.45, 2.75) is 25.2 Å². The van der Waals surface area contributed by atoms with Gasteiger partial charge in [-0.25, -0.2) is 9.97 Å². The van der Waals surface area contributed by atoms with Gasteiger partial charge < -0.3 is 20.2 Å². The second kappa shape index (κ2) is 9.11. The van der Waals surface area contributed by atoms with Gasteiger partial charge >= 0.3 is 0 Å². The van der Waals surface area contributed by atoms with Crippen molar-refractivity contribution in [1.29, 1.82) is 0 Å². The number of nitrogens with one attached hydrogen (secondary N) is 1. The topological polar surface area (TPSA) is 103 Å². The van der Waals surface area contributed by atoms with E-state index in [4.69, 9.17) is 14.9 Å². The van der Waals surface area contributed by atoms with E-state index < -0.39 is 5.41 Å². The van der Waals surface area contributed by atoms with E-state index in [1.165, 1.54) is 6.39 Å². The lowest BCUT2D eigenvalue weighted by Gasteiger charge is -2.36. The first-order valence-corrected chi connectivity index (χ1v) is 11.3. The Morgan fingerprint density at radius 3 is 2.50 bits per heavy atom. The molecule has 4 aromatic rings. The van der Waals surface area contributed by atoms with Gasteiger partial charge in [0.15, 0.2) is 12.2 Å². The third kappa shape index (κ3) is 4.18. The van der Waals surface area contributed by atoms with Crippen LogP contribution in [-0.4, -0.2) is 29.1 Å². The lowest BCUT2D eigenvalue weighted by molar-refractivity contribution is -0.125. The fourth-order valence-electron chi connectivity index (χ4n) is 4.45. The van der Waals surface area contributed by atoms with Gasteiger partial charge in [-0.05, 0) is 54.7 Å². The van der Waals surface area contributed by atoms with Crippen molar-refractivity contribution in [1.82, 2.24) is 9.97 Å². The Hall–Kier alpha value is -3.97. The van der Waals surface area contributed by atoms with Crippen LogP contribution in [0.15, 0.2) is 77.8 Å². The van der Waals surface area contributed by atoms with Gasteiger partial charge in [-0.1, -0.05) is 36.4 Å². The van der Waals surface area contributed by atoms with Crippen LogP contribution < -0.4 is 11.1 Å². The summed E-state index contributed by atoms with van der Waals surface area (Å²) in [5.41, 5.74) is 10.7. The molecule has 34 heavy (non-hydrogen) atoms. The number of hydrogen-bond donors (Lipinski definition) is 2. The molecule has 1 amide bonds. The first-order valence-electron chi connectivity index (χ1n) is 11.3. The predicted molar refractivity (Wildman–Crippen MR) is 131 cm³/mol. The Morgan fingerprint density at radius 2 is 1.79 bits per heavy atom. The number of carbonyl (C=O) groups is 1. The summed E-state index contributed by atoms with van der Waals surface area (Å²) in [6.07, 6.45) is 6.05. The summed E-state index contributed by atoms with van der Waals surface area (Å²) in [5, 5.41) is 3.13. The number of rotatable bonds is 5. The zero-order chi connectivity index (χ0) is 23.5. The number of aryl methyl sites for hydroxylation is 1. The normalized spacial score (nSPS) is 15.1. The van der Waals surface area contributed by atoms with E-state index in [9.17, 15) is 4.79 Å². The van der Waals surface area contributed by atoms with E-state index in [2.05, 4.69) is 15.3 Å². The van der Waals surface area contributed by atoms with E-state index in [0.717, 1.165) is 27.8 Å². The van der Waals surface area contributed by atoms with E-state index in [0.29, 0.717) is 43.3 Å². The Labute approximate surface area is 198 Å². The molecular weight excluding hydrogens is 428 g/mol. The molecule has 0 atom stereocenters. The van der Waals surface area contributed by atoms with Gasteiger partial charge in [0, 0.05) is 36.2 Å². The molecule has 3 N–H and O–H groups in total. The Kier molecular flexibility index (Phi) is 5.86. The maximum absolute atomic E-state index is 13.7. The van der Waals surface area contributed by atoms with Crippen molar-refractivity contribution >= 4 is 17.4 Å². The van der Waals surface area contributed by atoms with Crippen LogP contribution in [0.3, 0.4) is 0 Å². The number of anilines is 2. The highest BCUT2D eigenvalue weighted by Gasteiger charge is 2.41. The second-order valence-electron chi connectivity index (χ2n) is 8.60. The number of hydrogen-bond acceptors (Lipinski definition) is 6. The fraction of sp³-hybridized carbons (Fsp3) is 0.222. The summed E-state index contributed by atoms with van der Waals surface area (Å²) < 4.78 is 11.0. The minimum atomic E-state index is -0.672. The van der Waals surface area contributed by atoms with Crippen molar-refractivity contribution in [2.24, 2.45) is 0 Å². The lowest BCUT2D eigenvalue weighted by Crippen LogP contribution is -2.44. The summed E-state index contributed by atoms with van der Waals surface area (Å²) in [6, 6.07) is 17.8. The number of ether oxygens (including phenoxy) is 1. The monoisotopic (exact) mass is 454 g/mol. The third-order valence-electron chi connectivity index (χ3n) is 6.51. The molecule has 1 aliphatic heterocycles. The second-order valence-corrected chi connectivity index (χ2v) is 8.60. The lowest BCUT2D eigenvalue weighted by atomic mass is 9.73. The molecule has 0 radical (unpaired) electrons. The maximum atomic E-state index is 13.7. The largest absolute Gasteiger partial charge is 0.444 e. The Bertz CT molecular complexity index is 1290.